The molecule has 0 saturated heterocycles. The molecule has 0 aliphatic heterocycles. The maximum absolute atomic E-state index is 12.7. The van der Waals surface area contributed by atoms with Crippen molar-refractivity contribution in [1.82, 2.24) is 9.38 Å². The molecule has 0 N–H and O–H groups in total. The Bertz CT molecular complexity index is 1070. The molecule has 0 atom stereocenters. The van der Waals surface area contributed by atoms with Crippen LogP contribution in [0.2, 0.25) is 15.1 Å². The fraction of sp³-hybridized carbons (Fsp3) is 0.111. The van der Waals surface area contributed by atoms with Crippen molar-refractivity contribution in [1.29, 1.82) is 0 Å². The van der Waals surface area contributed by atoms with Gasteiger partial charge in [-0.15, -0.1) is 0 Å². The van der Waals surface area contributed by atoms with Gasteiger partial charge >= 0.3 is 0 Å². The number of fused-ring (bicyclic) bond motifs is 2. The summed E-state index contributed by atoms with van der Waals surface area (Å²) in [5.74, 6) is 0. The largest absolute Gasteiger partial charge is 0.269 e. The molecular weight excluding hydrogens is 367 g/mol. The van der Waals surface area contributed by atoms with Crippen LogP contribution in [-0.4, -0.2) is 9.38 Å². The lowest BCUT2D eigenvalue weighted by atomic mass is 10.1. The molecule has 0 saturated carbocycles. The summed E-state index contributed by atoms with van der Waals surface area (Å²) in [7, 11) is 0. The first-order chi connectivity index (χ1) is 11.5. The van der Waals surface area contributed by atoms with E-state index in [1.807, 2.05) is 18.2 Å². The van der Waals surface area contributed by atoms with E-state index in [1.165, 1.54) is 4.40 Å². The molecule has 3 nitrogen and oxygen atoms in total. The molecular formula is C18H11Cl3N2O. The zero-order chi connectivity index (χ0) is 16.8. The molecule has 4 rings (SSSR count). The molecule has 2 heterocycles. The Balaban J connectivity index is 1.88. The lowest BCUT2D eigenvalue weighted by molar-refractivity contribution is 0.971. The van der Waals surface area contributed by atoms with E-state index in [0.717, 1.165) is 28.8 Å². The van der Waals surface area contributed by atoms with Crippen molar-refractivity contribution in [2.75, 3.05) is 0 Å². The van der Waals surface area contributed by atoms with Crippen LogP contribution in [0, 0.1) is 0 Å². The van der Waals surface area contributed by atoms with E-state index in [1.54, 1.807) is 24.4 Å². The highest BCUT2D eigenvalue weighted by atomic mass is 35.5. The third-order valence-electron chi connectivity index (χ3n) is 4.11. The smallest absolute Gasteiger partial charge is 0.261 e. The van der Waals surface area contributed by atoms with Crippen LogP contribution >= 0.6 is 34.8 Å². The average Bonchev–Trinajstić information content (AvgIpc) is 2.95. The third-order valence-corrected chi connectivity index (χ3v) is 5.08. The summed E-state index contributed by atoms with van der Waals surface area (Å²) in [6.45, 7) is 0. The molecule has 6 heteroatoms. The van der Waals surface area contributed by atoms with Crippen molar-refractivity contribution in [3.8, 4) is 0 Å². The molecule has 0 fully saturated rings. The fourth-order valence-electron chi connectivity index (χ4n) is 2.96. The van der Waals surface area contributed by atoms with Crippen molar-refractivity contribution in [2.45, 2.75) is 12.8 Å². The first-order valence-corrected chi connectivity index (χ1v) is 8.53. The maximum Gasteiger partial charge on any atom is 0.261 e. The molecule has 1 aliphatic rings. The summed E-state index contributed by atoms with van der Waals surface area (Å²) >= 11 is 18.0. The number of pyridine rings is 1. The van der Waals surface area contributed by atoms with E-state index in [9.17, 15) is 4.79 Å². The van der Waals surface area contributed by atoms with Gasteiger partial charge in [-0.3, -0.25) is 9.20 Å². The van der Waals surface area contributed by atoms with Crippen LogP contribution < -0.4 is 5.56 Å². The molecule has 0 radical (unpaired) electrons. The van der Waals surface area contributed by atoms with Gasteiger partial charge in [0.1, 0.15) is 5.65 Å². The van der Waals surface area contributed by atoms with Crippen molar-refractivity contribution in [3.05, 3.63) is 78.8 Å². The van der Waals surface area contributed by atoms with E-state index >= 15 is 0 Å². The summed E-state index contributed by atoms with van der Waals surface area (Å²) in [6, 6.07) is 8.94. The lowest BCUT2D eigenvalue weighted by Gasteiger charge is -2.06. The summed E-state index contributed by atoms with van der Waals surface area (Å²) in [4.78, 5) is 17.3. The second kappa shape index (κ2) is 5.92. The first kappa shape index (κ1) is 15.7. The van der Waals surface area contributed by atoms with E-state index in [2.05, 4.69) is 4.98 Å². The highest BCUT2D eigenvalue weighted by Crippen LogP contribution is 2.32. The molecule has 120 valence electrons. The van der Waals surface area contributed by atoms with Gasteiger partial charge in [-0.2, -0.15) is 0 Å². The first-order valence-electron chi connectivity index (χ1n) is 7.40. The van der Waals surface area contributed by atoms with Gasteiger partial charge in [0.25, 0.3) is 5.56 Å². The number of nitrogens with zero attached hydrogens (tertiary/aromatic N) is 2. The maximum atomic E-state index is 12.7. The zero-order valence-electron chi connectivity index (χ0n) is 12.4. The minimum Gasteiger partial charge on any atom is -0.269 e. The number of halogens is 3. The Labute approximate surface area is 153 Å². The van der Waals surface area contributed by atoms with Crippen molar-refractivity contribution in [3.63, 3.8) is 0 Å². The Hall–Kier alpha value is -1.81. The molecule has 24 heavy (non-hydrogen) atoms. The lowest BCUT2D eigenvalue weighted by Crippen LogP contribution is -2.19. The van der Waals surface area contributed by atoms with Gasteiger partial charge in [-0.05, 0) is 54.3 Å². The fourth-order valence-corrected chi connectivity index (χ4v) is 3.43. The number of benzene rings is 1. The highest BCUT2D eigenvalue weighted by Gasteiger charge is 2.22. The molecule has 1 aromatic carbocycles. The summed E-state index contributed by atoms with van der Waals surface area (Å²) < 4.78 is 1.50. The van der Waals surface area contributed by atoms with Crippen LogP contribution in [-0.2, 0) is 6.42 Å². The van der Waals surface area contributed by atoms with Crippen LogP contribution in [0.25, 0.3) is 17.3 Å². The second-order valence-corrected chi connectivity index (χ2v) is 6.91. The predicted molar refractivity (Wildman–Crippen MR) is 99.1 cm³/mol. The SMILES string of the molecule is O=c1c2c(nc3ccc(Cl)cn13)/C(=C\c1ccc(Cl)c(Cl)c1)CC2. The van der Waals surface area contributed by atoms with Crippen LogP contribution in [0.3, 0.4) is 0 Å². The second-order valence-electron chi connectivity index (χ2n) is 5.66. The van der Waals surface area contributed by atoms with Gasteiger partial charge in [0, 0.05) is 11.8 Å². The Morgan fingerprint density at radius 2 is 1.88 bits per heavy atom. The van der Waals surface area contributed by atoms with E-state index in [-0.39, 0.29) is 5.56 Å². The molecule has 2 aromatic heterocycles. The van der Waals surface area contributed by atoms with Gasteiger partial charge in [-0.25, -0.2) is 4.98 Å². The molecule has 3 aromatic rings. The number of aromatic nitrogens is 2. The van der Waals surface area contributed by atoms with Gasteiger partial charge in [-0.1, -0.05) is 40.9 Å². The Morgan fingerprint density at radius 1 is 1.04 bits per heavy atom. The van der Waals surface area contributed by atoms with Gasteiger partial charge in [0.2, 0.25) is 0 Å². The van der Waals surface area contributed by atoms with E-state index in [0.29, 0.717) is 27.1 Å². The number of hydrogen-bond acceptors (Lipinski definition) is 2. The van der Waals surface area contributed by atoms with Crippen LogP contribution in [0.5, 0.6) is 0 Å². The molecule has 1 aliphatic carbocycles. The van der Waals surface area contributed by atoms with Gasteiger partial charge < -0.3 is 0 Å². The molecule has 0 amide bonds. The van der Waals surface area contributed by atoms with Crippen molar-refractivity contribution >= 4 is 52.1 Å². The minimum atomic E-state index is -0.0601. The summed E-state index contributed by atoms with van der Waals surface area (Å²) in [5, 5.41) is 1.53. The van der Waals surface area contributed by atoms with Crippen LogP contribution in [0.4, 0.5) is 0 Å². The van der Waals surface area contributed by atoms with Crippen LogP contribution in [0.15, 0.2) is 41.3 Å². The minimum absolute atomic E-state index is 0.0601. The summed E-state index contributed by atoms with van der Waals surface area (Å²) in [6.07, 6.45) is 5.05. The molecule has 0 unspecified atom stereocenters. The third kappa shape index (κ3) is 2.63. The summed E-state index contributed by atoms with van der Waals surface area (Å²) in [5.41, 5.74) is 3.97. The van der Waals surface area contributed by atoms with E-state index < -0.39 is 0 Å². The molecule has 0 spiro atoms. The number of hydrogen-bond donors (Lipinski definition) is 0. The average molecular weight is 378 g/mol. The van der Waals surface area contributed by atoms with Crippen LogP contribution in [0.1, 0.15) is 23.2 Å². The quantitative estimate of drug-likeness (QED) is 0.588. The highest BCUT2D eigenvalue weighted by molar-refractivity contribution is 6.42. The normalized spacial score (nSPS) is 15.2. The van der Waals surface area contributed by atoms with Gasteiger partial charge in [0.15, 0.2) is 0 Å². The zero-order valence-corrected chi connectivity index (χ0v) is 14.7. The van der Waals surface area contributed by atoms with E-state index in [4.69, 9.17) is 34.8 Å². The topological polar surface area (TPSA) is 34.4 Å². The van der Waals surface area contributed by atoms with Crippen molar-refractivity contribution in [2.24, 2.45) is 0 Å². The molecule has 0 bridgehead atoms. The number of rotatable bonds is 1. The predicted octanol–water partition coefficient (Wildman–Crippen LogP) is 5.14. The van der Waals surface area contributed by atoms with Gasteiger partial charge in [0.05, 0.1) is 20.8 Å². The Morgan fingerprint density at radius 3 is 2.67 bits per heavy atom. The monoisotopic (exact) mass is 376 g/mol. The number of allylic oxidation sites excluding steroid dienone is 1. The Kier molecular flexibility index (Phi) is 3.87. The standard InChI is InChI=1S/C18H11Cl3N2O/c19-12-3-6-16-22-17-11(2-4-13(17)18(24)23(16)9-12)7-10-1-5-14(20)15(21)8-10/h1,3,5-9H,2,4H2/b11-7-. The van der Waals surface area contributed by atoms with Crippen molar-refractivity contribution < 1.29 is 0 Å².